The first kappa shape index (κ1) is 29.2. The molecule has 0 radical (unpaired) electrons. The van der Waals surface area contributed by atoms with E-state index in [0.717, 1.165) is 12.0 Å². The quantitative estimate of drug-likeness (QED) is 0.213. The molecular formula is C27H42O8. The largest absolute Gasteiger partial charge is 0.457 e. The standard InChI is InChI=1S/C27H42O8/c1-7-21-26(34-21)24(31)16(2)9-8-10-17(3)25-18(4)11-12-22(33-19(5)28)27(6,32)14-13-20(29)15-23(30)35-25/h8-12,16,18,20-22,24-26,29,31-32H,7,13-15H2,1-6H3/b9-8+,12-11+,17-10+. The first-order valence-corrected chi connectivity index (χ1v) is 12.5. The average molecular weight is 495 g/mol. The highest BCUT2D eigenvalue weighted by atomic mass is 16.6. The Morgan fingerprint density at radius 3 is 2.63 bits per heavy atom. The Bertz CT molecular complexity index is 814. The summed E-state index contributed by atoms with van der Waals surface area (Å²) in [6, 6.07) is 0. The third-order valence-corrected chi connectivity index (χ3v) is 6.74. The summed E-state index contributed by atoms with van der Waals surface area (Å²) in [5.41, 5.74) is -0.640. The van der Waals surface area contributed by atoms with Gasteiger partial charge in [-0.3, -0.25) is 9.59 Å². The van der Waals surface area contributed by atoms with Gasteiger partial charge in [-0.05, 0) is 44.8 Å². The predicted octanol–water partition coefficient (Wildman–Crippen LogP) is 2.99. The molecule has 3 N–H and O–H groups in total. The minimum Gasteiger partial charge on any atom is -0.457 e. The van der Waals surface area contributed by atoms with Gasteiger partial charge >= 0.3 is 11.9 Å². The van der Waals surface area contributed by atoms with Crippen LogP contribution in [0, 0.1) is 11.8 Å². The topological polar surface area (TPSA) is 126 Å². The van der Waals surface area contributed by atoms with E-state index in [0.29, 0.717) is 0 Å². The highest BCUT2D eigenvalue weighted by Gasteiger charge is 2.44. The number of cyclic esters (lactones) is 1. The molecule has 0 bridgehead atoms. The van der Waals surface area contributed by atoms with Crippen LogP contribution in [0.2, 0.25) is 0 Å². The third-order valence-electron chi connectivity index (χ3n) is 6.74. The molecule has 35 heavy (non-hydrogen) atoms. The van der Waals surface area contributed by atoms with Gasteiger partial charge in [0, 0.05) is 18.8 Å². The van der Waals surface area contributed by atoms with Gasteiger partial charge in [-0.1, -0.05) is 45.1 Å². The van der Waals surface area contributed by atoms with E-state index in [1.807, 2.05) is 45.9 Å². The smallest absolute Gasteiger partial charge is 0.309 e. The van der Waals surface area contributed by atoms with Crippen LogP contribution in [0.1, 0.15) is 67.2 Å². The van der Waals surface area contributed by atoms with Crippen LogP contribution in [0.3, 0.4) is 0 Å². The molecule has 9 unspecified atom stereocenters. The summed E-state index contributed by atoms with van der Waals surface area (Å²) in [6.45, 7) is 10.5. The fraction of sp³-hybridized carbons (Fsp3) is 0.704. The predicted molar refractivity (Wildman–Crippen MR) is 131 cm³/mol. The molecule has 2 aliphatic heterocycles. The van der Waals surface area contributed by atoms with Crippen LogP contribution in [-0.2, 0) is 23.8 Å². The molecular weight excluding hydrogens is 452 g/mol. The van der Waals surface area contributed by atoms with Gasteiger partial charge < -0.3 is 29.5 Å². The van der Waals surface area contributed by atoms with Gasteiger partial charge in [-0.2, -0.15) is 0 Å². The number of ether oxygens (including phenoxy) is 3. The van der Waals surface area contributed by atoms with Gasteiger partial charge in [0.1, 0.15) is 23.9 Å². The van der Waals surface area contributed by atoms with E-state index in [2.05, 4.69) is 0 Å². The SMILES string of the molecule is CCC1OC1C(O)C(C)/C=C/C=C(\C)C1OC(=O)CC(O)CCC(C)(O)C(OC(C)=O)/C=C/C1C. The van der Waals surface area contributed by atoms with Gasteiger partial charge in [0.25, 0.3) is 0 Å². The Labute approximate surface area is 208 Å². The summed E-state index contributed by atoms with van der Waals surface area (Å²) in [7, 11) is 0. The zero-order valence-corrected chi connectivity index (χ0v) is 21.7. The zero-order chi connectivity index (χ0) is 26.3. The van der Waals surface area contributed by atoms with Crippen molar-refractivity contribution < 1.29 is 39.1 Å². The van der Waals surface area contributed by atoms with Crippen molar-refractivity contribution in [1.29, 1.82) is 0 Å². The van der Waals surface area contributed by atoms with E-state index in [-0.39, 0.29) is 43.3 Å². The molecule has 0 aromatic heterocycles. The number of hydrogen-bond acceptors (Lipinski definition) is 8. The van der Waals surface area contributed by atoms with Gasteiger partial charge in [0.05, 0.1) is 24.7 Å². The number of allylic oxidation sites excluding steroid dienone is 2. The first-order chi connectivity index (χ1) is 16.4. The van der Waals surface area contributed by atoms with E-state index < -0.39 is 42.0 Å². The summed E-state index contributed by atoms with van der Waals surface area (Å²) in [6.07, 6.45) is 6.76. The van der Waals surface area contributed by atoms with Crippen molar-refractivity contribution in [3.63, 3.8) is 0 Å². The second-order valence-electron chi connectivity index (χ2n) is 10.1. The molecule has 0 amide bonds. The average Bonchev–Trinajstić information content (AvgIpc) is 3.57. The van der Waals surface area contributed by atoms with Crippen molar-refractivity contribution in [3.8, 4) is 0 Å². The van der Waals surface area contributed by atoms with Gasteiger partial charge in [0.15, 0.2) is 0 Å². The second kappa shape index (κ2) is 12.8. The number of esters is 2. The number of aliphatic hydroxyl groups excluding tert-OH is 2. The molecule has 0 aromatic carbocycles. The molecule has 2 heterocycles. The Balaban J connectivity index is 2.22. The molecule has 9 atom stereocenters. The molecule has 1 saturated heterocycles. The van der Waals surface area contributed by atoms with Crippen LogP contribution in [0.15, 0.2) is 36.0 Å². The van der Waals surface area contributed by atoms with Crippen LogP contribution in [0.4, 0.5) is 0 Å². The van der Waals surface area contributed by atoms with Gasteiger partial charge in [-0.25, -0.2) is 0 Å². The third kappa shape index (κ3) is 8.86. The van der Waals surface area contributed by atoms with E-state index >= 15 is 0 Å². The molecule has 8 heteroatoms. The Morgan fingerprint density at radius 1 is 1.34 bits per heavy atom. The van der Waals surface area contributed by atoms with Gasteiger partial charge in [-0.15, -0.1) is 0 Å². The van der Waals surface area contributed by atoms with Gasteiger partial charge in [0.2, 0.25) is 0 Å². The summed E-state index contributed by atoms with van der Waals surface area (Å²) < 4.78 is 16.6. The second-order valence-corrected chi connectivity index (χ2v) is 10.1. The molecule has 0 spiro atoms. The van der Waals surface area contributed by atoms with Crippen molar-refractivity contribution in [3.05, 3.63) is 36.0 Å². The monoisotopic (exact) mass is 494 g/mol. The molecule has 1 fully saturated rings. The van der Waals surface area contributed by atoms with Crippen molar-refractivity contribution in [2.45, 2.75) is 109 Å². The summed E-state index contributed by atoms with van der Waals surface area (Å²) in [5.74, 6) is -1.47. The normalized spacial score (nSPS) is 37.5. The molecule has 8 nitrogen and oxygen atoms in total. The highest BCUT2D eigenvalue weighted by molar-refractivity contribution is 5.70. The minimum absolute atomic E-state index is 0.112. The Kier molecular flexibility index (Phi) is 10.7. The maximum atomic E-state index is 12.5. The number of epoxide rings is 1. The minimum atomic E-state index is -1.41. The summed E-state index contributed by atoms with van der Waals surface area (Å²) >= 11 is 0. The molecule has 2 rings (SSSR count). The fourth-order valence-electron chi connectivity index (χ4n) is 4.31. The lowest BCUT2D eigenvalue weighted by atomic mass is 9.88. The van der Waals surface area contributed by atoms with Crippen molar-refractivity contribution in [2.75, 3.05) is 0 Å². The number of carbonyl (C=O) groups is 2. The van der Waals surface area contributed by atoms with Crippen molar-refractivity contribution in [2.24, 2.45) is 11.8 Å². The van der Waals surface area contributed by atoms with E-state index in [1.54, 1.807) is 19.1 Å². The molecule has 198 valence electrons. The maximum Gasteiger partial charge on any atom is 0.309 e. The van der Waals surface area contributed by atoms with Crippen LogP contribution in [0.25, 0.3) is 0 Å². The molecule has 0 aromatic rings. The van der Waals surface area contributed by atoms with Crippen LogP contribution in [-0.4, -0.2) is 69.5 Å². The van der Waals surface area contributed by atoms with Crippen LogP contribution in [0.5, 0.6) is 0 Å². The lowest BCUT2D eigenvalue weighted by Gasteiger charge is -2.32. The van der Waals surface area contributed by atoms with Crippen molar-refractivity contribution in [1.82, 2.24) is 0 Å². The first-order valence-electron chi connectivity index (χ1n) is 12.5. The van der Waals surface area contributed by atoms with Crippen LogP contribution < -0.4 is 0 Å². The fourth-order valence-corrected chi connectivity index (χ4v) is 4.31. The number of carbonyl (C=O) groups excluding carboxylic acids is 2. The van der Waals surface area contributed by atoms with Crippen LogP contribution >= 0.6 is 0 Å². The van der Waals surface area contributed by atoms with E-state index in [9.17, 15) is 24.9 Å². The molecule has 0 saturated carbocycles. The lowest BCUT2D eigenvalue weighted by Crippen LogP contribution is -2.42. The van der Waals surface area contributed by atoms with Crippen molar-refractivity contribution >= 4 is 11.9 Å². The number of rotatable bonds is 7. The Morgan fingerprint density at radius 2 is 2.03 bits per heavy atom. The zero-order valence-electron chi connectivity index (χ0n) is 21.7. The summed E-state index contributed by atoms with van der Waals surface area (Å²) in [4.78, 5) is 24.1. The van der Waals surface area contributed by atoms with E-state index in [1.165, 1.54) is 6.92 Å². The maximum absolute atomic E-state index is 12.5. The molecule has 2 aliphatic rings. The number of hydrogen-bond donors (Lipinski definition) is 3. The highest BCUT2D eigenvalue weighted by Crippen LogP contribution is 2.32. The lowest BCUT2D eigenvalue weighted by molar-refractivity contribution is -0.157. The number of aliphatic hydroxyl groups is 3. The summed E-state index contributed by atoms with van der Waals surface area (Å²) in [5, 5.41) is 31.6. The van der Waals surface area contributed by atoms with E-state index in [4.69, 9.17) is 14.2 Å². The molecule has 0 aliphatic carbocycles. The Hall–Kier alpha value is -2.00.